The Balaban J connectivity index is 1.73. The molecule has 1 aliphatic heterocycles. The zero-order valence-electron chi connectivity index (χ0n) is 13.4. The summed E-state index contributed by atoms with van der Waals surface area (Å²) in [5.74, 6) is 1.99. The van der Waals surface area contributed by atoms with Gasteiger partial charge in [0, 0.05) is 13.1 Å². The Bertz CT molecular complexity index is 685. The number of hydrogen-bond acceptors (Lipinski definition) is 5. The predicted octanol–water partition coefficient (Wildman–Crippen LogP) is 3.85. The Labute approximate surface area is 135 Å². The third-order valence-corrected chi connectivity index (χ3v) is 6.01. The van der Waals surface area contributed by atoms with Gasteiger partial charge in [0.15, 0.2) is 0 Å². The lowest BCUT2D eigenvalue weighted by Crippen LogP contribution is -2.53. The summed E-state index contributed by atoms with van der Waals surface area (Å²) in [4.78, 5) is 13.0. The molecular weight excluding hydrogens is 294 g/mol. The van der Waals surface area contributed by atoms with Gasteiger partial charge in [0.25, 0.3) is 0 Å². The van der Waals surface area contributed by atoms with Crippen LogP contribution < -0.4 is 4.90 Å². The maximum Gasteiger partial charge on any atom is 0.141 e. The van der Waals surface area contributed by atoms with Gasteiger partial charge < -0.3 is 9.64 Å². The largest absolute Gasteiger partial charge is 0.371 e. The number of morpholine rings is 1. The molecule has 5 heteroatoms. The minimum atomic E-state index is 0.0611. The predicted molar refractivity (Wildman–Crippen MR) is 90.9 cm³/mol. The van der Waals surface area contributed by atoms with Crippen molar-refractivity contribution >= 4 is 27.4 Å². The summed E-state index contributed by atoms with van der Waals surface area (Å²) in [5.41, 5.74) is 1.35. The second kappa shape index (κ2) is 5.46. The molecule has 1 spiro atoms. The highest BCUT2D eigenvalue weighted by molar-refractivity contribution is 7.17. The molecule has 4 nitrogen and oxygen atoms in total. The van der Waals surface area contributed by atoms with Gasteiger partial charge in [0.2, 0.25) is 0 Å². The summed E-state index contributed by atoms with van der Waals surface area (Å²) >= 11 is 1.72. The van der Waals surface area contributed by atoms with Crippen LogP contribution >= 0.6 is 11.3 Å². The van der Waals surface area contributed by atoms with Gasteiger partial charge in [-0.25, -0.2) is 9.97 Å². The first-order chi connectivity index (χ1) is 10.7. The average Bonchev–Trinajstić information content (AvgIpc) is 2.88. The Morgan fingerprint density at radius 3 is 2.82 bits per heavy atom. The van der Waals surface area contributed by atoms with Crippen LogP contribution in [0, 0.1) is 13.8 Å². The van der Waals surface area contributed by atoms with Crippen LogP contribution in [0.15, 0.2) is 5.38 Å². The maximum atomic E-state index is 6.23. The zero-order chi connectivity index (χ0) is 15.2. The van der Waals surface area contributed by atoms with Gasteiger partial charge in [0.1, 0.15) is 16.5 Å². The molecule has 1 saturated heterocycles. The van der Waals surface area contributed by atoms with Crippen molar-refractivity contribution in [1.82, 2.24) is 9.97 Å². The number of ether oxygens (including phenoxy) is 1. The third kappa shape index (κ3) is 2.40. The van der Waals surface area contributed by atoms with Crippen molar-refractivity contribution in [2.75, 3.05) is 24.6 Å². The molecule has 0 unspecified atom stereocenters. The number of rotatable bonds is 1. The molecule has 2 aliphatic rings. The third-order valence-electron chi connectivity index (χ3n) is 5.02. The highest BCUT2D eigenvalue weighted by Gasteiger charge is 2.38. The fourth-order valence-corrected chi connectivity index (χ4v) is 4.88. The number of nitrogens with zero attached hydrogens (tertiary/aromatic N) is 3. The molecule has 4 rings (SSSR count). The van der Waals surface area contributed by atoms with E-state index in [2.05, 4.69) is 22.2 Å². The normalized spacial score (nSPS) is 21.6. The number of fused-ring (bicyclic) bond motifs is 1. The van der Waals surface area contributed by atoms with E-state index < -0.39 is 0 Å². The van der Waals surface area contributed by atoms with Crippen LogP contribution in [0.1, 0.15) is 43.5 Å². The SMILES string of the molecule is Cc1nc(N2CCOC3(CCCCC3)C2)c2c(C)csc2n1. The van der Waals surface area contributed by atoms with Crippen molar-refractivity contribution in [2.45, 2.75) is 51.6 Å². The van der Waals surface area contributed by atoms with E-state index in [-0.39, 0.29) is 5.60 Å². The lowest BCUT2D eigenvalue weighted by Gasteiger charge is -2.45. The number of aryl methyl sites for hydroxylation is 2. The van der Waals surface area contributed by atoms with Crippen molar-refractivity contribution in [1.29, 1.82) is 0 Å². The Kier molecular flexibility index (Phi) is 3.57. The number of aromatic nitrogens is 2. The van der Waals surface area contributed by atoms with Gasteiger partial charge in [-0.05, 0) is 37.6 Å². The van der Waals surface area contributed by atoms with Crippen LogP contribution in [-0.4, -0.2) is 35.3 Å². The van der Waals surface area contributed by atoms with E-state index in [4.69, 9.17) is 9.72 Å². The molecule has 2 fully saturated rings. The standard InChI is InChI=1S/C17H23N3OS/c1-12-10-22-16-14(12)15(18-13(2)19-16)20-8-9-21-17(11-20)6-4-3-5-7-17/h10H,3-9,11H2,1-2H3. The zero-order valence-corrected chi connectivity index (χ0v) is 14.2. The fraction of sp³-hybridized carbons (Fsp3) is 0.647. The molecule has 1 saturated carbocycles. The molecule has 2 aromatic rings. The first kappa shape index (κ1) is 14.4. The first-order valence-corrected chi connectivity index (χ1v) is 9.16. The van der Waals surface area contributed by atoms with Gasteiger partial charge in [-0.2, -0.15) is 0 Å². The van der Waals surface area contributed by atoms with E-state index in [1.807, 2.05) is 6.92 Å². The average molecular weight is 317 g/mol. The molecule has 0 amide bonds. The fourth-order valence-electron chi connectivity index (χ4n) is 3.92. The summed E-state index contributed by atoms with van der Waals surface area (Å²) in [5, 5.41) is 3.43. The summed E-state index contributed by atoms with van der Waals surface area (Å²) in [7, 11) is 0. The van der Waals surface area contributed by atoms with Gasteiger partial charge in [-0.15, -0.1) is 11.3 Å². The second-order valence-electron chi connectivity index (χ2n) is 6.71. The van der Waals surface area contributed by atoms with Crippen molar-refractivity contribution < 1.29 is 4.74 Å². The van der Waals surface area contributed by atoms with Crippen LogP contribution in [-0.2, 0) is 4.74 Å². The maximum absolute atomic E-state index is 6.23. The minimum Gasteiger partial charge on any atom is -0.371 e. The van der Waals surface area contributed by atoms with Crippen molar-refractivity contribution in [2.24, 2.45) is 0 Å². The lowest BCUT2D eigenvalue weighted by atomic mass is 9.83. The van der Waals surface area contributed by atoms with E-state index >= 15 is 0 Å². The molecular formula is C17H23N3OS. The van der Waals surface area contributed by atoms with Crippen molar-refractivity contribution in [3.8, 4) is 0 Å². The summed E-state index contributed by atoms with van der Waals surface area (Å²) in [6.07, 6.45) is 6.33. The van der Waals surface area contributed by atoms with Gasteiger partial charge in [0.05, 0.1) is 17.6 Å². The Morgan fingerprint density at radius 2 is 2.00 bits per heavy atom. The molecule has 0 aromatic carbocycles. The van der Waals surface area contributed by atoms with Crippen LogP contribution in [0.5, 0.6) is 0 Å². The van der Waals surface area contributed by atoms with Gasteiger partial charge in [-0.3, -0.25) is 0 Å². The van der Waals surface area contributed by atoms with Crippen molar-refractivity contribution in [3.05, 3.63) is 16.8 Å². The molecule has 1 aliphatic carbocycles. The molecule has 0 bridgehead atoms. The van der Waals surface area contributed by atoms with E-state index in [1.54, 1.807) is 11.3 Å². The number of anilines is 1. The number of hydrogen-bond donors (Lipinski definition) is 0. The molecule has 22 heavy (non-hydrogen) atoms. The lowest BCUT2D eigenvalue weighted by molar-refractivity contribution is -0.0783. The summed E-state index contributed by atoms with van der Waals surface area (Å²) in [6, 6.07) is 0. The quantitative estimate of drug-likeness (QED) is 0.801. The summed E-state index contributed by atoms with van der Waals surface area (Å²) in [6.45, 7) is 6.89. The smallest absolute Gasteiger partial charge is 0.141 e. The number of thiophene rings is 1. The van der Waals surface area contributed by atoms with E-state index in [0.717, 1.165) is 36.2 Å². The van der Waals surface area contributed by atoms with Crippen LogP contribution in [0.3, 0.4) is 0 Å². The minimum absolute atomic E-state index is 0.0611. The van der Waals surface area contributed by atoms with E-state index in [1.165, 1.54) is 43.1 Å². The highest BCUT2D eigenvalue weighted by atomic mass is 32.1. The molecule has 2 aromatic heterocycles. The molecule has 0 N–H and O–H groups in total. The van der Waals surface area contributed by atoms with E-state index in [0.29, 0.717) is 0 Å². The van der Waals surface area contributed by atoms with Gasteiger partial charge >= 0.3 is 0 Å². The molecule has 118 valence electrons. The van der Waals surface area contributed by atoms with Crippen molar-refractivity contribution in [3.63, 3.8) is 0 Å². The molecule has 0 atom stereocenters. The van der Waals surface area contributed by atoms with Crippen LogP contribution in [0.25, 0.3) is 10.2 Å². The topological polar surface area (TPSA) is 38.2 Å². The van der Waals surface area contributed by atoms with E-state index in [9.17, 15) is 0 Å². The monoisotopic (exact) mass is 317 g/mol. The summed E-state index contributed by atoms with van der Waals surface area (Å²) < 4.78 is 6.23. The van der Waals surface area contributed by atoms with Crippen LogP contribution in [0.2, 0.25) is 0 Å². The molecule has 0 radical (unpaired) electrons. The highest BCUT2D eigenvalue weighted by Crippen LogP contribution is 2.38. The van der Waals surface area contributed by atoms with Crippen LogP contribution in [0.4, 0.5) is 5.82 Å². The Morgan fingerprint density at radius 1 is 1.18 bits per heavy atom. The first-order valence-electron chi connectivity index (χ1n) is 8.28. The van der Waals surface area contributed by atoms with Gasteiger partial charge in [-0.1, -0.05) is 19.3 Å². The Hall–Kier alpha value is -1.20. The molecule has 3 heterocycles. The second-order valence-corrected chi connectivity index (χ2v) is 7.57.